The van der Waals surface area contributed by atoms with Crippen molar-refractivity contribution < 1.29 is 68.2 Å². The van der Waals surface area contributed by atoms with Gasteiger partial charge in [-0.2, -0.15) is 13.2 Å². The topological polar surface area (TPSA) is 186 Å². The second kappa shape index (κ2) is 34.5. The summed E-state index contributed by atoms with van der Waals surface area (Å²) in [5.74, 6) is -0.405. The van der Waals surface area contributed by atoms with Gasteiger partial charge in [-0.15, -0.1) is 26.3 Å². The van der Waals surface area contributed by atoms with Gasteiger partial charge in [-0.25, -0.2) is 0 Å². The van der Waals surface area contributed by atoms with Crippen LogP contribution in [0.4, 0.5) is 39.5 Å². The number of carbonyl (C=O) groups excluding carboxylic acids is 4. The van der Waals surface area contributed by atoms with Crippen molar-refractivity contribution in [2.45, 2.75) is 96.4 Å². The molecule has 0 unspecified atom stereocenters. The number of ether oxygens (including phenoxy) is 2. The zero-order chi connectivity index (χ0) is 67.1. The molecule has 14 nitrogen and oxygen atoms in total. The van der Waals surface area contributed by atoms with Crippen molar-refractivity contribution in [3.05, 3.63) is 203 Å². The van der Waals surface area contributed by atoms with Gasteiger partial charge in [0, 0.05) is 52.1 Å². The van der Waals surface area contributed by atoms with Crippen LogP contribution in [0.2, 0.25) is 5.02 Å². The van der Waals surface area contributed by atoms with Gasteiger partial charge in [0.2, 0.25) is 0 Å². The van der Waals surface area contributed by atoms with Gasteiger partial charge in [-0.1, -0.05) is 84.4 Å². The van der Waals surface area contributed by atoms with Gasteiger partial charge in [0.25, 0.3) is 0 Å². The van der Waals surface area contributed by atoms with E-state index < -0.39 is 24.5 Å². The first-order valence-corrected chi connectivity index (χ1v) is 28.5. The van der Waals surface area contributed by atoms with Crippen molar-refractivity contribution in [1.82, 2.24) is 41.2 Å². The number of nitrogens with one attached hydrogen (secondary N) is 4. The van der Waals surface area contributed by atoms with Gasteiger partial charge < -0.3 is 30.7 Å². The van der Waals surface area contributed by atoms with Crippen molar-refractivity contribution in [2.24, 2.45) is 0 Å². The lowest BCUT2D eigenvalue weighted by molar-refractivity contribution is -0.275. The molecule has 0 saturated carbocycles. The van der Waals surface area contributed by atoms with Crippen LogP contribution in [0, 0.1) is 0 Å². The second-order valence-corrected chi connectivity index (χ2v) is 20.9. The number of hydrogen-bond acceptors (Lipinski definition) is 14. The lowest BCUT2D eigenvalue weighted by Crippen LogP contribution is -2.34. The molecule has 4 N–H and O–H groups in total. The van der Waals surface area contributed by atoms with E-state index in [0.29, 0.717) is 47.7 Å². The zero-order valence-electron chi connectivity index (χ0n) is 50.8. The van der Waals surface area contributed by atoms with Crippen LogP contribution in [0.15, 0.2) is 170 Å². The SMILES string of the molecule is CN[C@@H](Cc1ccc(-c2ccc(OC(F)(F)F)cc2)nc1)C(C)=O.CN[C@@H](Cc1ccc(-c2ccccc2C(F)(F)F)nc1)C(C)=O.CN[C@@H](Cc1ccc(-c2ccccc2Cl)nc1)C(C)=O.CN[C@@H](Cc1ccc(-c2ccccc2OC(F)(F)F)nc1)C(C)=O. The normalized spacial score (nSPS) is 12.6. The third-order valence-electron chi connectivity index (χ3n) is 13.8. The Balaban J connectivity index is 0.000000221. The smallest absolute Gasteiger partial charge is 0.406 e. The minimum absolute atomic E-state index is 0.000932. The number of likely N-dealkylation sites (N-methyl/N-ethyl adjacent to an activating group) is 4. The summed E-state index contributed by atoms with van der Waals surface area (Å²) in [6.45, 7) is 6.09. The molecular weight excluding hydrogens is 1220 g/mol. The molecule has 4 heterocycles. The van der Waals surface area contributed by atoms with Crippen LogP contribution >= 0.6 is 11.6 Å². The van der Waals surface area contributed by atoms with E-state index in [2.05, 4.69) is 50.7 Å². The number of aromatic nitrogens is 4. The molecule has 8 rings (SSSR count). The molecule has 91 heavy (non-hydrogen) atoms. The Kier molecular flexibility index (Phi) is 27.6. The van der Waals surface area contributed by atoms with Crippen LogP contribution in [0.25, 0.3) is 45.0 Å². The van der Waals surface area contributed by atoms with Crippen molar-refractivity contribution in [1.29, 1.82) is 0 Å². The van der Waals surface area contributed by atoms with E-state index in [1.807, 2.05) is 42.5 Å². The summed E-state index contributed by atoms with van der Waals surface area (Å²) < 4.78 is 121. The lowest BCUT2D eigenvalue weighted by atomic mass is 10.0. The number of hydrogen-bond donors (Lipinski definition) is 4. The van der Waals surface area contributed by atoms with Crippen LogP contribution in [0.1, 0.15) is 55.5 Å². The number of ketones is 4. The van der Waals surface area contributed by atoms with E-state index in [1.165, 1.54) is 81.6 Å². The van der Waals surface area contributed by atoms with Gasteiger partial charge in [-0.05, 0) is 177 Å². The maximum atomic E-state index is 13.0. The first-order valence-electron chi connectivity index (χ1n) is 28.2. The second-order valence-electron chi connectivity index (χ2n) is 20.5. The summed E-state index contributed by atoms with van der Waals surface area (Å²) in [7, 11) is 6.89. The molecule has 0 aliphatic rings. The molecule has 4 aromatic carbocycles. The highest BCUT2D eigenvalue weighted by molar-refractivity contribution is 6.33. The maximum Gasteiger partial charge on any atom is 0.573 e. The van der Waals surface area contributed by atoms with Crippen molar-refractivity contribution in [2.75, 3.05) is 28.2 Å². The predicted molar refractivity (Wildman–Crippen MR) is 331 cm³/mol. The Labute approximate surface area is 526 Å². The number of nitrogens with zero attached hydrogens (tertiary/aromatic N) is 4. The first-order chi connectivity index (χ1) is 43.0. The molecule has 0 spiro atoms. The molecule has 4 aromatic heterocycles. The molecule has 0 bridgehead atoms. The number of carbonyl (C=O) groups is 4. The molecule has 0 radical (unpaired) electrons. The van der Waals surface area contributed by atoms with Crippen LogP contribution < -0.4 is 30.7 Å². The van der Waals surface area contributed by atoms with Gasteiger partial charge in [0.1, 0.15) is 34.6 Å². The number of Topliss-reactive ketones (excluding diaryl/α,β-unsaturated/α-hetero) is 4. The molecule has 0 fully saturated rings. The fraction of sp³-hybridized carbons (Fsp3) is 0.284. The molecule has 24 heteroatoms. The van der Waals surface area contributed by atoms with Gasteiger partial charge in [-0.3, -0.25) is 39.1 Å². The van der Waals surface area contributed by atoms with E-state index in [4.69, 9.17) is 11.6 Å². The molecule has 482 valence electrons. The number of benzene rings is 4. The van der Waals surface area contributed by atoms with E-state index >= 15 is 0 Å². The predicted octanol–water partition coefficient (Wildman–Crippen LogP) is 13.3. The highest BCUT2D eigenvalue weighted by atomic mass is 35.5. The minimum atomic E-state index is -4.77. The highest BCUT2D eigenvalue weighted by Gasteiger charge is 2.34. The number of pyridine rings is 4. The highest BCUT2D eigenvalue weighted by Crippen LogP contribution is 2.37. The summed E-state index contributed by atoms with van der Waals surface area (Å²) in [6.07, 6.45) is -5.32. The Morgan fingerprint density at radius 2 is 0.736 bits per heavy atom. The van der Waals surface area contributed by atoms with Gasteiger partial charge in [0.15, 0.2) is 0 Å². The molecule has 0 aliphatic heterocycles. The number of alkyl halides is 9. The minimum Gasteiger partial charge on any atom is -0.406 e. The number of rotatable bonds is 22. The first kappa shape index (κ1) is 73.0. The largest absolute Gasteiger partial charge is 0.573 e. The summed E-state index contributed by atoms with van der Waals surface area (Å²) in [4.78, 5) is 62.8. The van der Waals surface area contributed by atoms with Crippen molar-refractivity contribution in [3.63, 3.8) is 0 Å². The van der Waals surface area contributed by atoms with Crippen LogP contribution in [0.3, 0.4) is 0 Å². The van der Waals surface area contributed by atoms with Crippen LogP contribution in [-0.2, 0) is 51.0 Å². The third-order valence-corrected chi connectivity index (χ3v) is 14.2. The number of halogens is 10. The van der Waals surface area contributed by atoms with Crippen LogP contribution in [0.5, 0.6) is 11.5 Å². The van der Waals surface area contributed by atoms with Gasteiger partial charge in [0.05, 0.1) is 52.5 Å². The Hall–Kier alpha value is -8.74. The lowest BCUT2D eigenvalue weighted by Gasteiger charge is -2.14. The summed E-state index contributed by atoms with van der Waals surface area (Å²) in [6, 6.07) is 37.3. The van der Waals surface area contributed by atoms with Crippen molar-refractivity contribution in [3.8, 4) is 56.5 Å². The molecular formula is C67H68ClF9N8O6. The van der Waals surface area contributed by atoms with E-state index in [1.54, 1.807) is 96.2 Å². The standard InChI is InChI=1S/2C17H17F3N2O2.C17H17F3N2O.C16H17ClN2O/c1-11(23)16(21-2)9-12-3-8-15(22-10-12)13-4-6-14(7-5-13)24-17(18,19)20;1-11(23)15(21-2)9-12-7-8-14(22-10-12)13-5-3-4-6-16(13)24-17(18,19)20;1-11(23)16(21-2)9-12-7-8-15(22-10-12)13-5-3-4-6-14(13)17(18,19)20;1-11(20)16(18-2)9-12-7-8-15(19-10-12)13-5-3-4-6-14(13)17/h3-8,10,16,21H,9H2,1-2H3;3-8,10,15,21H,9H2,1-2H3;3-8,10,16,21H,9H2,1-2H3;3-8,10,16,18H,9H2,1-2H3/t16-;15-;2*16-/m0000/s1. The summed E-state index contributed by atoms with van der Waals surface area (Å²) in [5, 5.41) is 12.4. The molecule has 0 amide bonds. The molecule has 0 aliphatic carbocycles. The molecule has 0 saturated heterocycles. The summed E-state index contributed by atoms with van der Waals surface area (Å²) >= 11 is 6.15. The van der Waals surface area contributed by atoms with Crippen LogP contribution in [-0.4, -0.2) is 108 Å². The molecule has 8 aromatic rings. The monoisotopic (exact) mass is 1290 g/mol. The molecule has 4 atom stereocenters. The van der Waals surface area contributed by atoms with E-state index in [0.717, 1.165) is 39.6 Å². The Bertz CT molecular complexity index is 3620. The average molecular weight is 1290 g/mol. The quantitative estimate of drug-likeness (QED) is 0.0470. The average Bonchev–Trinajstić information content (AvgIpc) is 1.10. The Morgan fingerprint density at radius 1 is 0.407 bits per heavy atom. The maximum absolute atomic E-state index is 13.0. The Morgan fingerprint density at radius 3 is 1.08 bits per heavy atom. The van der Waals surface area contributed by atoms with E-state index in [9.17, 15) is 58.7 Å². The van der Waals surface area contributed by atoms with Crippen molar-refractivity contribution >= 4 is 34.7 Å². The van der Waals surface area contributed by atoms with Gasteiger partial charge >= 0.3 is 18.9 Å². The fourth-order valence-electron chi connectivity index (χ4n) is 8.91. The zero-order valence-corrected chi connectivity index (χ0v) is 51.6. The summed E-state index contributed by atoms with van der Waals surface area (Å²) in [5.41, 5.74) is 6.76. The van der Waals surface area contributed by atoms with E-state index in [-0.39, 0.29) is 75.6 Å². The third kappa shape index (κ3) is 23.9. The number of para-hydroxylation sites is 1. The fourth-order valence-corrected chi connectivity index (χ4v) is 9.14.